The Labute approximate surface area is 133 Å². The van der Waals surface area contributed by atoms with E-state index in [1.165, 1.54) is 0 Å². The van der Waals surface area contributed by atoms with Crippen molar-refractivity contribution in [3.63, 3.8) is 0 Å². The Hall–Kier alpha value is -2.10. The first kappa shape index (κ1) is 18.0. The van der Waals surface area contributed by atoms with Gasteiger partial charge in [0.05, 0.1) is 18.4 Å². The fourth-order valence-electron chi connectivity index (χ4n) is 2.24. The van der Waals surface area contributed by atoms with Crippen LogP contribution in [-0.4, -0.2) is 23.7 Å². The van der Waals surface area contributed by atoms with E-state index in [0.29, 0.717) is 25.2 Å². The van der Waals surface area contributed by atoms with Crippen LogP contribution in [0.4, 0.5) is 0 Å². The molecule has 0 spiro atoms. The molecule has 0 N–H and O–H groups in total. The van der Waals surface area contributed by atoms with Crippen molar-refractivity contribution in [1.29, 1.82) is 0 Å². The lowest BCUT2D eigenvalue weighted by atomic mass is 10.0. The van der Waals surface area contributed by atoms with Crippen LogP contribution in [0.15, 0.2) is 47.8 Å². The van der Waals surface area contributed by atoms with Crippen LogP contribution in [0.2, 0.25) is 0 Å². The number of carbonyl (C=O) groups excluding carboxylic acids is 1. The maximum Gasteiger partial charge on any atom is 0.243 e. The molecule has 120 valence electrons. The Kier molecular flexibility index (Phi) is 7.97. The molecule has 0 aromatic heterocycles. The van der Waals surface area contributed by atoms with Crippen molar-refractivity contribution in [3.8, 4) is 0 Å². The zero-order valence-electron chi connectivity index (χ0n) is 13.8. The second kappa shape index (κ2) is 9.77. The summed E-state index contributed by atoms with van der Waals surface area (Å²) in [5, 5.41) is 5.78. The van der Waals surface area contributed by atoms with Gasteiger partial charge in [-0.3, -0.25) is 4.79 Å². The molecule has 1 aromatic rings. The van der Waals surface area contributed by atoms with Gasteiger partial charge in [0, 0.05) is 25.5 Å². The predicted octanol–water partition coefficient (Wildman–Crippen LogP) is 4.30. The molecule has 1 aliphatic rings. The highest BCUT2D eigenvalue weighted by Gasteiger charge is 2.27. The van der Waals surface area contributed by atoms with Crippen LogP contribution in [0.5, 0.6) is 0 Å². The minimum Gasteiger partial charge on any atom is -0.499 e. The second-order valence-electron chi connectivity index (χ2n) is 4.67. The van der Waals surface area contributed by atoms with Gasteiger partial charge in [0.15, 0.2) is 0 Å². The number of allylic oxidation sites excluding steroid dienone is 1. The van der Waals surface area contributed by atoms with E-state index in [-0.39, 0.29) is 11.9 Å². The van der Waals surface area contributed by atoms with Crippen molar-refractivity contribution in [3.05, 3.63) is 48.2 Å². The molecule has 0 aliphatic carbocycles. The minimum atomic E-state index is 0.00783. The van der Waals surface area contributed by atoms with Crippen LogP contribution in [0.1, 0.15) is 51.6 Å². The van der Waals surface area contributed by atoms with E-state index in [9.17, 15) is 4.79 Å². The molecule has 1 unspecified atom stereocenters. The maximum atomic E-state index is 12.3. The van der Waals surface area contributed by atoms with Gasteiger partial charge in [-0.2, -0.15) is 5.10 Å². The van der Waals surface area contributed by atoms with Gasteiger partial charge in [0.1, 0.15) is 0 Å². The van der Waals surface area contributed by atoms with Gasteiger partial charge in [-0.15, -0.1) is 0 Å². The number of benzene rings is 1. The Balaban J connectivity index is 0.00000116. The average molecular weight is 302 g/mol. The Morgan fingerprint density at radius 1 is 1.32 bits per heavy atom. The van der Waals surface area contributed by atoms with Crippen LogP contribution < -0.4 is 0 Å². The topological polar surface area (TPSA) is 41.9 Å². The number of hydrazone groups is 1. The van der Waals surface area contributed by atoms with Crippen LogP contribution >= 0.6 is 0 Å². The third kappa shape index (κ3) is 5.02. The zero-order chi connectivity index (χ0) is 16.4. The SMILES string of the molecule is C=C(CCC(=O)N1N=CCC1c1ccccc1)OCC.CC. The summed E-state index contributed by atoms with van der Waals surface area (Å²) in [5.74, 6) is 0.661. The van der Waals surface area contributed by atoms with Crippen LogP contribution in [-0.2, 0) is 9.53 Å². The number of nitrogens with zero attached hydrogens (tertiary/aromatic N) is 2. The highest BCUT2D eigenvalue weighted by atomic mass is 16.5. The lowest BCUT2D eigenvalue weighted by Gasteiger charge is -2.22. The van der Waals surface area contributed by atoms with E-state index < -0.39 is 0 Å². The molecule has 0 radical (unpaired) electrons. The molecule has 0 saturated heterocycles. The summed E-state index contributed by atoms with van der Waals surface area (Å²) >= 11 is 0. The van der Waals surface area contributed by atoms with Crippen LogP contribution in [0.3, 0.4) is 0 Å². The molecule has 1 amide bonds. The quantitative estimate of drug-likeness (QED) is 0.735. The summed E-state index contributed by atoms with van der Waals surface area (Å²) in [5.41, 5.74) is 1.11. The van der Waals surface area contributed by atoms with E-state index in [1.807, 2.05) is 51.1 Å². The maximum absolute atomic E-state index is 12.3. The van der Waals surface area contributed by atoms with Crippen molar-refractivity contribution in [2.45, 2.75) is 46.1 Å². The zero-order valence-corrected chi connectivity index (χ0v) is 13.8. The summed E-state index contributed by atoms with van der Waals surface area (Å²) in [6, 6.07) is 10.00. The second-order valence-corrected chi connectivity index (χ2v) is 4.67. The summed E-state index contributed by atoms with van der Waals surface area (Å²) in [6.45, 7) is 10.3. The standard InChI is InChI=1S/C16H20N2O2.C2H6/c1-3-20-13(2)9-10-16(19)18-15(11-12-17-18)14-7-5-4-6-8-14;1-2/h4-8,12,15H,2-3,9-11H2,1H3;1-2H3. The molecule has 1 atom stereocenters. The summed E-state index contributed by atoms with van der Waals surface area (Å²) < 4.78 is 5.26. The smallest absolute Gasteiger partial charge is 0.243 e. The molecule has 1 heterocycles. The number of ether oxygens (including phenoxy) is 1. The van der Waals surface area contributed by atoms with Crippen LogP contribution in [0.25, 0.3) is 0 Å². The number of hydrogen-bond acceptors (Lipinski definition) is 3. The molecule has 22 heavy (non-hydrogen) atoms. The Morgan fingerprint density at radius 2 is 2.00 bits per heavy atom. The van der Waals surface area contributed by atoms with Gasteiger partial charge in [-0.05, 0) is 12.5 Å². The van der Waals surface area contributed by atoms with Gasteiger partial charge < -0.3 is 4.74 Å². The first-order valence-corrected chi connectivity index (χ1v) is 7.92. The first-order valence-electron chi connectivity index (χ1n) is 7.92. The summed E-state index contributed by atoms with van der Waals surface area (Å²) in [4.78, 5) is 12.3. The predicted molar refractivity (Wildman–Crippen MR) is 90.5 cm³/mol. The van der Waals surface area contributed by atoms with E-state index in [1.54, 1.807) is 11.2 Å². The third-order valence-corrected chi connectivity index (χ3v) is 3.24. The molecule has 0 saturated carbocycles. The normalized spacial score (nSPS) is 16.0. The third-order valence-electron chi connectivity index (χ3n) is 3.24. The Morgan fingerprint density at radius 3 is 2.64 bits per heavy atom. The van der Waals surface area contributed by atoms with Crippen molar-refractivity contribution in [2.75, 3.05) is 6.61 Å². The van der Waals surface area contributed by atoms with Crippen molar-refractivity contribution >= 4 is 12.1 Å². The number of amides is 1. The van der Waals surface area contributed by atoms with Gasteiger partial charge in [-0.1, -0.05) is 50.8 Å². The fraction of sp³-hybridized carbons (Fsp3) is 0.444. The highest BCUT2D eigenvalue weighted by Crippen LogP contribution is 2.28. The van der Waals surface area contributed by atoms with E-state index >= 15 is 0 Å². The largest absolute Gasteiger partial charge is 0.499 e. The highest BCUT2D eigenvalue weighted by molar-refractivity contribution is 5.80. The van der Waals surface area contributed by atoms with Crippen LogP contribution in [0, 0.1) is 0 Å². The fourth-order valence-corrected chi connectivity index (χ4v) is 2.24. The van der Waals surface area contributed by atoms with Crippen molar-refractivity contribution in [1.82, 2.24) is 5.01 Å². The molecule has 0 fully saturated rings. The molecule has 1 aromatic carbocycles. The lowest BCUT2D eigenvalue weighted by molar-refractivity contribution is -0.133. The molecular weight excluding hydrogens is 276 g/mol. The van der Waals surface area contributed by atoms with E-state index in [2.05, 4.69) is 11.7 Å². The van der Waals surface area contributed by atoms with Gasteiger partial charge >= 0.3 is 0 Å². The van der Waals surface area contributed by atoms with E-state index in [0.717, 1.165) is 12.0 Å². The molecular formula is C18H26N2O2. The number of hydrogen-bond donors (Lipinski definition) is 0. The van der Waals surface area contributed by atoms with Crippen molar-refractivity contribution in [2.24, 2.45) is 5.10 Å². The number of rotatable bonds is 6. The lowest BCUT2D eigenvalue weighted by Crippen LogP contribution is -2.27. The molecule has 4 nitrogen and oxygen atoms in total. The van der Waals surface area contributed by atoms with E-state index in [4.69, 9.17) is 4.74 Å². The molecule has 2 rings (SSSR count). The first-order chi connectivity index (χ1) is 10.7. The number of carbonyl (C=O) groups is 1. The summed E-state index contributed by atoms with van der Waals surface area (Å²) in [7, 11) is 0. The van der Waals surface area contributed by atoms with Gasteiger partial charge in [0.2, 0.25) is 5.91 Å². The monoisotopic (exact) mass is 302 g/mol. The molecule has 4 heteroatoms. The Bertz CT molecular complexity index is 497. The van der Waals surface area contributed by atoms with Gasteiger partial charge in [0.25, 0.3) is 0 Å². The molecule has 0 bridgehead atoms. The average Bonchev–Trinajstić information content (AvgIpc) is 3.05. The molecule has 1 aliphatic heterocycles. The minimum absolute atomic E-state index is 0.00783. The van der Waals surface area contributed by atoms with Gasteiger partial charge in [-0.25, -0.2) is 5.01 Å². The van der Waals surface area contributed by atoms with Crippen molar-refractivity contribution < 1.29 is 9.53 Å². The summed E-state index contributed by atoms with van der Waals surface area (Å²) in [6.07, 6.45) is 3.48.